The number of ether oxygens (including phenoxy) is 4. The largest absolute Gasteiger partial charge is 0.493 e. The van der Waals surface area contributed by atoms with E-state index in [-0.39, 0.29) is 11.6 Å². The minimum atomic E-state index is -0.565. The molecule has 1 aromatic rings. The molecule has 1 aromatic carbocycles. The molecule has 1 saturated heterocycles. The predicted octanol–water partition coefficient (Wildman–Crippen LogP) is 2.27. The summed E-state index contributed by atoms with van der Waals surface area (Å²) in [7, 11) is 6.66. The number of fused-ring (bicyclic) bond motifs is 1. The Morgan fingerprint density at radius 1 is 1.04 bits per heavy atom. The molecule has 6 heteroatoms. The van der Waals surface area contributed by atoms with Gasteiger partial charge in [0.15, 0.2) is 11.5 Å². The molecule has 2 aliphatic heterocycles. The first-order valence-electron chi connectivity index (χ1n) is 9.60. The molecule has 6 nitrogen and oxygen atoms in total. The second-order valence-electron chi connectivity index (χ2n) is 7.53. The Bertz CT molecular complexity index is 761. The van der Waals surface area contributed by atoms with E-state index in [0.717, 1.165) is 44.5 Å². The zero-order valence-electron chi connectivity index (χ0n) is 16.6. The number of rotatable bonds is 4. The fourth-order valence-electron chi connectivity index (χ4n) is 5.32. The first kappa shape index (κ1) is 18.6. The van der Waals surface area contributed by atoms with Crippen LogP contribution < -0.4 is 14.2 Å². The molecule has 0 saturated carbocycles. The fraction of sp³-hybridized carbons (Fsp3) is 0.619. The van der Waals surface area contributed by atoms with Gasteiger partial charge in [-0.3, -0.25) is 4.90 Å². The van der Waals surface area contributed by atoms with Crippen molar-refractivity contribution in [2.24, 2.45) is 0 Å². The minimum absolute atomic E-state index is 0.237. The van der Waals surface area contributed by atoms with Gasteiger partial charge in [0.05, 0.1) is 39.1 Å². The molecule has 27 heavy (non-hydrogen) atoms. The van der Waals surface area contributed by atoms with Crippen LogP contribution in [0.5, 0.6) is 17.2 Å². The second-order valence-corrected chi connectivity index (χ2v) is 7.53. The molecule has 4 rings (SSSR count). The van der Waals surface area contributed by atoms with Gasteiger partial charge in [-0.15, -0.1) is 0 Å². The summed E-state index contributed by atoms with van der Waals surface area (Å²) in [5.74, 6) is 2.08. The van der Waals surface area contributed by atoms with Gasteiger partial charge in [0.25, 0.3) is 0 Å². The maximum absolute atomic E-state index is 10.5. The topological polar surface area (TPSA) is 60.4 Å². The zero-order chi connectivity index (χ0) is 19.2. The molecule has 1 aliphatic carbocycles. The molecule has 3 aliphatic rings. The van der Waals surface area contributed by atoms with Crippen LogP contribution in [0.2, 0.25) is 0 Å². The molecule has 1 N–H and O–H groups in total. The smallest absolute Gasteiger partial charge is 0.203 e. The molecule has 1 spiro atoms. The highest BCUT2D eigenvalue weighted by molar-refractivity contribution is 5.63. The van der Waals surface area contributed by atoms with E-state index in [1.165, 1.54) is 16.7 Å². The van der Waals surface area contributed by atoms with E-state index in [1.54, 1.807) is 28.4 Å². The Balaban J connectivity index is 2.00. The minimum Gasteiger partial charge on any atom is -0.493 e. The number of methoxy groups -OCH3 is 4. The SMILES string of the molecule is COc1cc2c(c(OC)c1OC)CCCN1CCC3=C[C@H](O)[C@H](OC)C[C@]321. The van der Waals surface area contributed by atoms with Gasteiger partial charge in [-0.1, -0.05) is 6.08 Å². The van der Waals surface area contributed by atoms with E-state index in [2.05, 4.69) is 11.0 Å². The maximum atomic E-state index is 10.5. The van der Waals surface area contributed by atoms with Gasteiger partial charge in [0, 0.05) is 25.6 Å². The van der Waals surface area contributed by atoms with Crippen molar-refractivity contribution in [3.63, 3.8) is 0 Å². The predicted molar refractivity (Wildman–Crippen MR) is 102 cm³/mol. The van der Waals surface area contributed by atoms with Gasteiger partial charge in [-0.25, -0.2) is 0 Å². The lowest BCUT2D eigenvalue weighted by Gasteiger charge is -2.45. The molecule has 0 unspecified atom stereocenters. The molecule has 0 bridgehead atoms. The van der Waals surface area contributed by atoms with E-state index < -0.39 is 6.10 Å². The van der Waals surface area contributed by atoms with Gasteiger partial charge in [-0.2, -0.15) is 0 Å². The van der Waals surface area contributed by atoms with E-state index in [0.29, 0.717) is 11.5 Å². The molecule has 1 fully saturated rings. The Labute approximate surface area is 160 Å². The third-order valence-corrected chi connectivity index (χ3v) is 6.51. The van der Waals surface area contributed by atoms with Gasteiger partial charge in [0.1, 0.15) is 0 Å². The van der Waals surface area contributed by atoms with Crippen LogP contribution in [0.1, 0.15) is 30.4 Å². The van der Waals surface area contributed by atoms with E-state index >= 15 is 0 Å². The molecular formula is C21H29NO5. The fourth-order valence-corrected chi connectivity index (χ4v) is 5.32. The van der Waals surface area contributed by atoms with Crippen LogP contribution in [-0.4, -0.2) is 63.7 Å². The van der Waals surface area contributed by atoms with Crippen molar-refractivity contribution in [1.29, 1.82) is 0 Å². The van der Waals surface area contributed by atoms with Gasteiger partial charge in [-0.05, 0) is 43.0 Å². The third-order valence-electron chi connectivity index (χ3n) is 6.51. The highest BCUT2D eigenvalue weighted by Crippen LogP contribution is 2.56. The van der Waals surface area contributed by atoms with Crippen LogP contribution in [0.25, 0.3) is 0 Å². The van der Waals surface area contributed by atoms with E-state index in [4.69, 9.17) is 18.9 Å². The molecule has 0 radical (unpaired) electrons. The van der Waals surface area contributed by atoms with Crippen molar-refractivity contribution < 1.29 is 24.1 Å². The van der Waals surface area contributed by atoms with E-state index in [9.17, 15) is 5.11 Å². The molecule has 148 valence electrons. The summed E-state index contributed by atoms with van der Waals surface area (Å²) >= 11 is 0. The summed E-state index contributed by atoms with van der Waals surface area (Å²) in [5, 5.41) is 10.5. The number of hydrogen-bond acceptors (Lipinski definition) is 6. The summed E-state index contributed by atoms with van der Waals surface area (Å²) < 4.78 is 22.8. The Kier molecular flexibility index (Phi) is 4.82. The normalized spacial score (nSPS) is 29.9. The highest BCUT2D eigenvalue weighted by atomic mass is 16.5. The van der Waals surface area contributed by atoms with Crippen LogP contribution in [0.15, 0.2) is 17.7 Å². The quantitative estimate of drug-likeness (QED) is 0.815. The lowest BCUT2D eigenvalue weighted by atomic mass is 9.72. The molecule has 0 aromatic heterocycles. The summed E-state index contributed by atoms with van der Waals surface area (Å²) in [6.07, 6.45) is 4.86. The molecule has 3 atom stereocenters. The van der Waals surface area contributed by atoms with Crippen molar-refractivity contribution in [3.05, 3.63) is 28.8 Å². The van der Waals surface area contributed by atoms with Crippen molar-refractivity contribution in [3.8, 4) is 17.2 Å². The standard InChI is InChI=1S/C21H29NO5/c1-24-17-11-15-14(19(26-3)20(17)27-4)6-5-8-22-9-7-13-10-16(23)18(25-2)12-21(13,15)22/h10-11,16,18,23H,5-9,12H2,1-4H3/t16-,18+,21-/m0/s1. The van der Waals surface area contributed by atoms with Crippen molar-refractivity contribution in [1.82, 2.24) is 4.90 Å². The number of nitrogens with zero attached hydrogens (tertiary/aromatic N) is 1. The number of aliphatic hydroxyl groups excluding tert-OH is 1. The Hall–Kier alpha value is -1.76. The number of benzene rings is 1. The first-order chi connectivity index (χ1) is 13.1. The second kappa shape index (κ2) is 7.00. The lowest BCUT2D eigenvalue weighted by molar-refractivity contribution is -0.0318. The summed E-state index contributed by atoms with van der Waals surface area (Å²) in [5.41, 5.74) is 3.38. The highest BCUT2D eigenvalue weighted by Gasteiger charge is 2.53. The van der Waals surface area contributed by atoms with Crippen LogP contribution in [0.4, 0.5) is 0 Å². The van der Waals surface area contributed by atoms with Gasteiger partial charge >= 0.3 is 0 Å². The number of aliphatic hydroxyl groups is 1. The van der Waals surface area contributed by atoms with Crippen LogP contribution in [0, 0.1) is 0 Å². The van der Waals surface area contributed by atoms with Crippen LogP contribution in [-0.2, 0) is 16.7 Å². The van der Waals surface area contributed by atoms with E-state index in [1.807, 2.05) is 6.08 Å². The zero-order valence-corrected chi connectivity index (χ0v) is 16.6. The lowest BCUT2D eigenvalue weighted by Crippen LogP contribution is -2.49. The molecule has 0 amide bonds. The average Bonchev–Trinajstić information content (AvgIpc) is 2.96. The monoisotopic (exact) mass is 375 g/mol. The van der Waals surface area contributed by atoms with Crippen LogP contribution >= 0.6 is 0 Å². The Morgan fingerprint density at radius 2 is 1.81 bits per heavy atom. The number of hydrogen-bond donors (Lipinski definition) is 1. The summed E-state index contributed by atoms with van der Waals surface area (Å²) in [6.45, 7) is 2.00. The maximum Gasteiger partial charge on any atom is 0.203 e. The summed E-state index contributed by atoms with van der Waals surface area (Å²) in [6, 6.07) is 2.11. The van der Waals surface area contributed by atoms with Crippen molar-refractivity contribution >= 4 is 0 Å². The van der Waals surface area contributed by atoms with Crippen molar-refractivity contribution in [2.45, 2.75) is 43.4 Å². The van der Waals surface area contributed by atoms with Crippen molar-refractivity contribution in [2.75, 3.05) is 41.5 Å². The average molecular weight is 375 g/mol. The molecular weight excluding hydrogens is 346 g/mol. The third kappa shape index (κ3) is 2.57. The molecule has 2 heterocycles. The first-order valence-corrected chi connectivity index (χ1v) is 9.60. The Morgan fingerprint density at radius 3 is 2.48 bits per heavy atom. The van der Waals surface area contributed by atoms with Gasteiger partial charge in [0.2, 0.25) is 5.75 Å². The van der Waals surface area contributed by atoms with Crippen LogP contribution in [0.3, 0.4) is 0 Å². The van der Waals surface area contributed by atoms with Gasteiger partial charge < -0.3 is 24.1 Å². The summed E-state index contributed by atoms with van der Waals surface area (Å²) in [4.78, 5) is 2.55.